The van der Waals surface area contributed by atoms with Gasteiger partial charge in [-0.25, -0.2) is 8.78 Å². The molecule has 3 heterocycles. The van der Waals surface area contributed by atoms with Crippen LogP contribution in [0.25, 0.3) is 0 Å². The van der Waals surface area contributed by atoms with Crippen LogP contribution in [-0.4, -0.2) is 37.6 Å². The third-order valence-corrected chi connectivity index (χ3v) is 6.39. The van der Waals surface area contributed by atoms with E-state index >= 15 is 0 Å². The van der Waals surface area contributed by atoms with Crippen LogP contribution in [0.5, 0.6) is 0 Å². The highest BCUT2D eigenvalue weighted by Gasteiger charge is 2.46. The fourth-order valence-electron chi connectivity index (χ4n) is 3.76. The van der Waals surface area contributed by atoms with Crippen LogP contribution in [-0.2, 0) is 16.8 Å². The summed E-state index contributed by atoms with van der Waals surface area (Å²) in [5, 5.41) is 6.07. The van der Waals surface area contributed by atoms with Gasteiger partial charge in [0.2, 0.25) is 0 Å². The number of piperidine rings is 1. The predicted molar refractivity (Wildman–Crippen MR) is 83.2 cm³/mol. The molecule has 0 unspecified atom stereocenters. The molecule has 7 heteroatoms. The number of thiophene rings is 1. The lowest BCUT2D eigenvalue weighted by Crippen LogP contribution is -2.50. The summed E-state index contributed by atoms with van der Waals surface area (Å²) < 4.78 is 31.9. The van der Waals surface area contributed by atoms with Gasteiger partial charge in [0, 0.05) is 23.8 Å². The Morgan fingerprint density at radius 1 is 1.35 bits per heavy atom. The molecule has 4 rings (SSSR count). The number of carbonyl (C=O) groups is 1. The number of nitrogens with one attached hydrogen (secondary N) is 2. The molecule has 2 aliphatic heterocycles. The van der Waals surface area contributed by atoms with E-state index in [2.05, 4.69) is 10.6 Å². The highest BCUT2D eigenvalue weighted by Crippen LogP contribution is 2.44. The smallest absolute Gasteiger partial charge is 0.261 e. The van der Waals surface area contributed by atoms with Crippen LogP contribution < -0.4 is 10.6 Å². The summed E-state index contributed by atoms with van der Waals surface area (Å²) in [5.74, 6) is -2.84. The van der Waals surface area contributed by atoms with Gasteiger partial charge >= 0.3 is 0 Å². The van der Waals surface area contributed by atoms with Crippen LogP contribution in [0, 0.1) is 0 Å². The second-order valence-electron chi connectivity index (χ2n) is 6.74. The van der Waals surface area contributed by atoms with E-state index in [1.807, 2.05) is 6.07 Å². The minimum Gasteiger partial charge on any atom is -0.369 e. The topological polar surface area (TPSA) is 50.4 Å². The molecule has 2 N–H and O–H groups in total. The minimum absolute atomic E-state index is 0.228. The lowest BCUT2D eigenvalue weighted by molar-refractivity contribution is -0.0901. The Hall–Kier alpha value is -1.05. The molecule has 1 aromatic rings. The van der Waals surface area contributed by atoms with Crippen LogP contribution in [0.4, 0.5) is 8.78 Å². The fraction of sp³-hybridized carbons (Fsp3) is 0.688. The second-order valence-corrected chi connectivity index (χ2v) is 7.79. The van der Waals surface area contributed by atoms with Crippen molar-refractivity contribution in [1.29, 1.82) is 0 Å². The SMILES string of the molecule is O=C(NC1CC(F)(F)C1)c1cc2c(s1)C1(CCNCC1)OCC2. The maximum absolute atomic E-state index is 12.9. The first kappa shape index (κ1) is 15.5. The third-order valence-electron chi connectivity index (χ3n) is 5.03. The normalized spacial score (nSPS) is 25.7. The molecule has 0 bridgehead atoms. The summed E-state index contributed by atoms with van der Waals surface area (Å²) in [4.78, 5) is 14.1. The van der Waals surface area contributed by atoms with E-state index in [0.717, 1.165) is 37.2 Å². The van der Waals surface area contributed by atoms with Gasteiger partial charge in [0.15, 0.2) is 0 Å². The highest BCUT2D eigenvalue weighted by atomic mass is 32.1. The molecule has 0 aromatic carbocycles. The van der Waals surface area contributed by atoms with Crippen molar-refractivity contribution in [2.75, 3.05) is 19.7 Å². The summed E-state index contributed by atoms with van der Waals surface area (Å²) in [7, 11) is 0. The number of carbonyl (C=O) groups excluding carboxylic acids is 1. The maximum Gasteiger partial charge on any atom is 0.261 e. The monoisotopic (exact) mass is 342 g/mol. The number of hydrogen-bond donors (Lipinski definition) is 2. The molecule has 4 nitrogen and oxygen atoms in total. The lowest BCUT2D eigenvalue weighted by atomic mass is 9.86. The molecule has 1 saturated heterocycles. The van der Waals surface area contributed by atoms with Crippen molar-refractivity contribution < 1.29 is 18.3 Å². The van der Waals surface area contributed by atoms with E-state index in [0.29, 0.717) is 11.5 Å². The Morgan fingerprint density at radius 2 is 2.09 bits per heavy atom. The number of hydrogen-bond acceptors (Lipinski definition) is 4. The summed E-state index contributed by atoms with van der Waals surface area (Å²) in [5.41, 5.74) is 0.929. The molecular formula is C16H20F2N2O2S. The minimum atomic E-state index is -2.61. The predicted octanol–water partition coefficient (Wildman–Crippen LogP) is 2.43. The second kappa shape index (κ2) is 5.50. The van der Waals surface area contributed by atoms with Crippen LogP contribution >= 0.6 is 11.3 Å². The van der Waals surface area contributed by atoms with Crippen molar-refractivity contribution in [2.45, 2.75) is 49.7 Å². The molecule has 23 heavy (non-hydrogen) atoms. The lowest BCUT2D eigenvalue weighted by Gasteiger charge is -2.40. The van der Waals surface area contributed by atoms with Crippen LogP contribution in [0.3, 0.4) is 0 Å². The zero-order chi connectivity index (χ0) is 16.1. The fourth-order valence-corrected chi connectivity index (χ4v) is 5.07. The molecule has 1 amide bonds. The molecule has 1 saturated carbocycles. The van der Waals surface area contributed by atoms with Crippen LogP contribution in [0.1, 0.15) is 45.8 Å². The Balaban J connectivity index is 1.52. The van der Waals surface area contributed by atoms with E-state index in [-0.39, 0.29) is 24.3 Å². The third kappa shape index (κ3) is 2.79. The van der Waals surface area contributed by atoms with Crippen molar-refractivity contribution in [3.8, 4) is 0 Å². The summed E-state index contributed by atoms with van der Waals surface area (Å²) in [6.45, 7) is 2.51. The maximum atomic E-state index is 12.9. The largest absolute Gasteiger partial charge is 0.369 e. The van der Waals surface area contributed by atoms with E-state index in [4.69, 9.17) is 4.74 Å². The van der Waals surface area contributed by atoms with Gasteiger partial charge in [-0.05, 0) is 44.0 Å². The Morgan fingerprint density at radius 3 is 2.78 bits per heavy atom. The molecule has 126 valence electrons. The summed E-state index contributed by atoms with van der Waals surface area (Å²) >= 11 is 1.47. The average Bonchev–Trinajstić information content (AvgIpc) is 2.92. The van der Waals surface area contributed by atoms with Gasteiger partial charge in [-0.1, -0.05) is 0 Å². The van der Waals surface area contributed by atoms with Crippen molar-refractivity contribution in [1.82, 2.24) is 10.6 Å². The number of fused-ring (bicyclic) bond motifs is 2. The van der Waals surface area contributed by atoms with Gasteiger partial charge in [-0.2, -0.15) is 0 Å². The van der Waals surface area contributed by atoms with Gasteiger partial charge in [-0.15, -0.1) is 11.3 Å². The molecule has 1 aliphatic carbocycles. The van der Waals surface area contributed by atoms with Crippen molar-refractivity contribution in [3.63, 3.8) is 0 Å². The van der Waals surface area contributed by atoms with E-state index in [1.54, 1.807) is 0 Å². The van der Waals surface area contributed by atoms with Crippen molar-refractivity contribution >= 4 is 17.2 Å². The zero-order valence-electron chi connectivity index (χ0n) is 12.8. The van der Waals surface area contributed by atoms with Gasteiger partial charge in [0.05, 0.1) is 11.5 Å². The molecular weight excluding hydrogens is 322 g/mol. The van der Waals surface area contributed by atoms with Gasteiger partial charge in [0.1, 0.15) is 5.60 Å². The molecule has 1 spiro atoms. The Kier molecular flexibility index (Phi) is 3.70. The summed E-state index contributed by atoms with van der Waals surface area (Å²) in [6, 6.07) is 1.53. The van der Waals surface area contributed by atoms with Gasteiger partial charge in [-0.3, -0.25) is 4.79 Å². The van der Waals surface area contributed by atoms with E-state index < -0.39 is 12.0 Å². The Labute approximate surface area is 137 Å². The average molecular weight is 342 g/mol. The molecule has 1 aromatic heterocycles. The van der Waals surface area contributed by atoms with Crippen molar-refractivity contribution in [2.24, 2.45) is 0 Å². The van der Waals surface area contributed by atoms with Gasteiger partial charge < -0.3 is 15.4 Å². The summed E-state index contributed by atoms with van der Waals surface area (Å²) in [6.07, 6.45) is 2.15. The molecule has 0 radical (unpaired) electrons. The number of halogens is 2. The number of ether oxygens (including phenoxy) is 1. The molecule has 0 atom stereocenters. The number of alkyl halides is 2. The number of amides is 1. The zero-order valence-corrected chi connectivity index (χ0v) is 13.6. The highest BCUT2D eigenvalue weighted by molar-refractivity contribution is 7.14. The quantitative estimate of drug-likeness (QED) is 0.868. The first-order valence-corrected chi connectivity index (χ1v) is 8.96. The van der Waals surface area contributed by atoms with Crippen LogP contribution in [0.15, 0.2) is 6.07 Å². The first-order valence-electron chi connectivity index (χ1n) is 8.14. The standard InChI is InChI=1S/C16H20F2N2O2S/c17-16(18)8-11(9-16)20-14(21)12-7-10-1-6-22-15(13(10)23-12)2-4-19-5-3-15/h7,11,19H,1-6,8-9H2,(H,20,21). The van der Waals surface area contributed by atoms with Crippen LogP contribution in [0.2, 0.25) is 0 Å². The Bertz CT molecular complexity index is 618. The van der Waals surface area contributed by atoms with E-state index in [9.17, 15) is 13.6 Å². The number of rotatable bonds is 2. The van der Waals surface area contributed by atoms with Crippen molar-refractivity contribution in [3.05, 3.63) is 21.4 Å². The first-order chi connectivity index (χ1) is 11.0. The van der Waals surface area contributed by atoms with E-state index in [1.165, 1.54) is 16.9 Å². The molecule has 3 aliphatic rings. The van der Waals surface area contributed by atoms with Gasteiger partial charge in [0.25, 0.3) is 11.8 Å². The molecule has 2 fully saturated rings.